The molecule has 0 aliphatic carbocycles. The summed E-state index contributed by atoms with van der Waals surface area (Å²) in [6, 6.07) is 0.0648. The summed E-state index contributed by atoms with van der Waals surface area (Å²) >= 11 is 0. The van der Waals surface area contributed by atoms with E-state index in [4.69, 9.17) is 0 Å². The largest absolute Gasteiger partial charge is 0.344 e. The highest BCUT2D eigenvalue weighted by Crippen LogP contribution is 2.19. The molecule has 14 heavy (non-hydrogen) atoms. The lowest BCUT2D eigenvalue weighted by molar-refractivity contribution is 0.317. The third-order valence-electron chi connectivity index (χ3n) is 2.45. The lowest BCUT2D eigenvalue weighted by Crippen LogP contribution is -2.43. The van der Waals surface area contributed by atoms with Gasteiger partial charge in [0.05, 0.1) is 0 Å². The van der Waals surface area contributed by atoms with Crippen molar-refractivity contribution in [2.75, 3.05) is 13.1 Å². The third kappa shape index (κ3) is 1.80. The number of hydrogen-bond acceptors (Lipinski definition) is 3. The average Bonchev–Trinajstić information content (AvgIpc) is 2.18. The first-order valence-electron chi connectivity index (χ1n) is 4.66. The average molecular weight is 215 g/mol. The summed E-state index contributed by atoms with van der Waals surface area (Å²) in [5.74, 6) is 0. The molecule has 2 aliphatic heterocycles. The van der Waals surface area contributed by atoms with Gasteiger partial charge in [0.25, 0.3) is 0 Å². The second kappa shape index (κ2) is 3.70. The van der Waals surface area contributed by atoms with Crippen LogP contribution in [0.15, 0.2) is 16.7 Å². The Labute approximate surface area is 83.7 Å². The summed E-state index contributed by atoms with van der Waals surface area (Å²) < 4.78 is 27.9. The minimum atomic E-state index is -3.43. The van der Waals surface area contributed by atoms with E-state index in [1.807, 2.05) is 0 Å². The molecule has 0 aromatic heterocycles. The quantitative estimate of drug-likeness (QED) is 0.663. The molecule has 0 aromatic rings. The maximum absolute atomic E-state index is 11.5. The van der Waals surface area contributed by atoms with Crippen LogP contribution in [-0.4, -0.2) is 38.1 Å². The highest BCUT2D eigenvalue weighted by atomic mass is 32.2. The van der Waals surface area contributed by atoms with Gasteiger partial charge in [-0.2, -0.15) is 12.8 Å². The summed E-state index contributed by atoms with van der Waals surface area (Å²) in [4.78, 5) is 0. The molecule has 0 spiro atoms. The molecule has 0 radical (unpaired) electrons. The van der Waals surface area contributed by atoms with Crippen molar-refractivity contribution in [3.05, 3.63) is 12.3 Å². The SMILES string of the molecule is O=S1(=O)N=CC=CN1C1CCNCC1. The van der Waals surface area contributed by atoms with Gasteiger partial charge in [0, 0.05) is 18.5 Å². The van der Waals surface area contributed by atoms with Gasteiger partial charge in [0.15, 0.2) is 0 Å². The maximum Gasteiger partial charge on any atom is 0.344 e. The van der Waals surface area contributed by atoms with Crippen LogP contribution in [0.5, 0.6) is 0 Å². The highest BCUT2D eigenvalue weighted by Gasteiger charge is 2.28. The molecule has 1 saturated heterocycles. The maximum atomic E-state index is 11.5. The Hall–Kier alpha value is -0.880. The molecule has 0 aromatic carbocycles. The van der Waals surface area contributed by atoms with Crippen LogP contribution in [0.4, 0.5) is 0 Å². The molecule has 2 aliphatic rings. The van der Waals surface area contributed by atoms with Crippen LogP contribution in [-0.2, 0) is 10.2 Å². The molecule has 0 unspecified atom stereocenters. The lowest BCUT2D eigenvalue weighted by atomic mass is 10.1. The number of hydrogen-bond donors (Lipinski definition) is 1. The van der Waals surface area contributed by atoms with E-state index >= 15 is 0 Å². The molecule has 5 nitrogen and oxygen atoms in total. The van der Waals surface area contributed by atoms with Gasteiger partial charge in [-0.05, 0) is 32.0 Å². The molecule has 2 rings (SSSR count). The molecule has 6 heteroatoms. The lowest BCUT2D eigenvalue weighted by Gasteiger charge is -2.32. The van der Waals surface area contributed by atoms with E-state index in [2.05, 4.69) is 9.71 Å². The van der Waals surface area contributed by atoms with Gasteiger partial charge >= 0.3 is 10.2 Å². The van der Waals surface area contributed by atoms with E-state index in [0.29, 0.717) is 0 Å². The van der Waals surface area contributed by atoms with Gasteiger partial charge in [-0.1, -0.05) is 0 Å². The van der Waals surface area contributed by atoms with Gasteiger partial charge < -0.3 is 5.32 Å². The van der Waals surface area contributed by atoms with E-state index in [-0.39, 0.29) is 6.04 Å². The topological polar surface area (TPSA) is 61.8 Å². The van der Waals surface area contributed by atoms with Crippen molar-refractivity contribution in [3.8, 4) is 0 Å². The number of nitrogens with one attached hydrogen (secondary N) is 1. The Bertz CT molecular complexity index is 355. The predicted molar refractivity (Wildman–Crippen MR) is 54.3 cm³/mol. The molecule has 1 fully saturated rings. The fraction of sp³-hybridized carbons (Fsp3) is 0.625. The molecule has 0 bridgehead atoms. The van der Waals surface area contributed by atoms with E-state index in [1.54, 1.807) is 12.3 Å². The molecule has 0 saturated carbocycles. The molecule has 0 atom stereocenters. The molecule has 1 N–H and O–H groups in total. The molecule has 2 heterocycles. The van der Waals surface area contributed by atoms with Crippen LogP contribution in [0.2, 0.25) is 0 Å². The molecular formula is C8H13N3O2S. The van der Waals surface area contributed by atoms with Gasteiger partial charge in [-0.3, -0.25) is 4.31 Å². The van der Waals surface area contributed by atoms with Gasteiger partial charge in [0.2, 0.25) is 0 Å². The van der Waals surface area contributed by atoms with Crippen molar-refractivity contribution >= 4 is 16.4 Å². The van der Waals surface area contributed by atoms with Gasteiger partial charge in [-0.25, -0.2) is 0 Å². The Balaban J connectivity index is 2.16. The van der Waals surface area contributed by atoms with Gasteiger partial charge in [0.1, 0.15) is 0 Å². The van der Waals surface area contributed by atoms with E-state index in [9.17, 15) is 8.42 Å². The fourth-order valence-electron chi connectivity index (χ4n) is 1.74. The first-order valence-corrected chi connectivity index (χ1v) is 6.06. The summed E-state index contributed by atoms with van der Waals surface area (Å²) in [7, 11) is -3.43. The first-order chi connectivity index (χ1) is 6.70. The number of nitrogens with zero attached hydrogens (tertiary/aromatic N) is 2. The standard InChI is InChI=1S/C8H13N3O2S/c12-14(13)10-4-1-7-11(14)8-2-5-9-6-3-8/h1,4,7-9H,2-3,5-6H2. The minimum absolute atomic E-state index is 0.0648. The normalized spacial score (nSPS) is 26.7. The van der Waals surface area contributed by atoms with Crippen molar-refractivity contribution in [2.24, 2.45) is 4.40 Å². The number of rotatable bonds is 1. The number of allylic oxidation sites excluding steroid dienone is 1. The smallest absolute Gasteiger partial charge is 0.317 e. The van der Waals surface area contributed by atoms with Crippen LogP contribution >= 0.6 is 0 Å². The summed E-state index contributed by atoms with van der Waals surface area (Å²) in [5, 5.41) is 3.20. The second-order valence-corrected chi connectivity index (χ2v) is 4.91. The van der Waals surface area contributed by atoms with E-state index in [1.165, 1.54) is 10.5 Å². The number of piperidine rings is 1. The van der Waals surface area contributed by atoms with E-state index < -0.39 is 10.2 Å². The van der Waals surface area contributed by atoms with Crippen LogP contribution in [0.3, 0.4) is 0 Å². The molecule has 0 amide bonds. The van der Waals surface area contributed by atoms with Crippen LogP contribution in [0, 0.1) is 0 Å². The first kappa shape index (κ1) is 9.67. The molecular weight excluding hydrogens is 202 g/mol. The Kier molecular flexibility index (Phi) is 2.56. The van der Waals surface area contributed by atoms with Crippen LogP contribution < -0.4 is 5.32 Å². The Morgan fingerprint density at radius 3 is 2.71 bits per heavy atom. The van der Waals surface area contributed by atoms with Crippen molar-refractivity contribution < 1.29 is 8.42 Å². The molecule has 78 valence electrons. The van der Waals surface area contributed by atoms with E-state index in [0.717, 1.165) is 25.9 Å². The van der Waals surface area contributed by atoms with Crippen molar-refractivity contribution in [2.45, 2.75) is 18.9 Å². The zero-order valence-electron chi connectivity index (χ0n) is 7.76. The summed E-state index contributed by atoms with van der Waals surface area (Å²) in [6.45, 7) is 1.74. The van der Waals surface area contributed by atoms with Crippen molar-refractivity contribution in [3.63, 3.8) is 0 Å². The third-order valence-corrected chi connectivity index (χ3v) is 3.79. The van der Waals surface area contributed by atoms with Crippen LogP contribution in [0.25, 0.3) is 0 Å². The van der Waals surface area contributed by atoms with Gasteiger partial charge in [-0.15, -0.1) is 0 Å². The zero-order chi connectivity index (χ0) is 10.0. The highest BCUT2D eigenvalue weighted by molar-refractivity contribution is 7.88. The predicted octanol–water partition coefficient (Wildman–Crippen LogP) is -0.117. The Morgan fingerprint density at radius 1 is 1.36 bits per heavy atom. The summed E-state index contributed by atoms with van der Waals surface area (Å²) in [6.07, 6.45) is 6.26. The van der Waals surface area contributed by atoms with Crippen molar-refractivity contribution in [1.82, 2.24) is 9.62 Å². The fourth-order valence-corrected chi connectivity index (χ4v) is 2.88. The minimum Gasteiger partial charge on any atom is -0.317 e. The van der Waals surface area contributed by atoms with Crippen molar-refractivity contribution in [1.29, 1.82) is 0 Å². The van der Waals surface area contributed by atoms with Crippen LogP contribution in [0.1, 0.15) is 12.8 Å². The zero-order valence-corrected chi connectivity index (χ0v) is 8.57. The Morgan fingerprint density at radius 2 is 2.07 bits per heavy atom. The monoisotopic (exact) mass is 215 g/mol. The second-order valence-electron chi connectivity index (χ2n) is 3.38. The summed E-state index contributed by atoms with van der Waals surface area (Å²) in [5.41, 5.74) is 0.